The number of sulfonamides is 1. The molecule has 2 aliphatic rings. The third-order valence-electron chi connectivity index (χ3n) is 8.07. The van der Waals surface area contributed by atoms with Crippen LogP contribution in [0.15, 0.2) is 27.9 Å². The topological polar surface area (TPSA) is 136 Å². The highest BCUT2D eigenvalue weighted by Crippen LogP contribution is 2.34. The second-order valence-corrected chi connectivity index (χ2v) is 12.8. The number of nitrogens with zero attached hydrogens (tertiary/aromatic N) is 4. The molecular weight excluding hydrogens is 546 g/mol. The van der Waals surface area contributed by atoms with Gasteiger partial charge in [-0.1, -0.05) is 25.7 Å². The number of piperidine rings is 1. The molecule has 1 aromatic carbocycles. The van der Waals surface area contributed by atoms with Gasteiger partial charge in [0.2, 0.25) is 10.0 Å². The zero-order valence-electron chi connectivity index (χ0n) is 24.0. The Morgan fingerprint density at radius 3 is 2.54 bits per heavy atom. The summed E-state index contributed by atoms with van der Waals surface area (Å²) in [5.74, 6) is 0.697. The van der Waals surface area contributed by atoms with Gasteiger partial charge in [-0.2, -0.15) is 4.31 Å². The summed E-state index contributed by atoms with van der Waals surface area (Å²) in [6.45, 7) is 6.34. The van der Waals surface area contributed by atoms with Crippen molar-refractivity contribution in [2.45, 2.75) is 83.0 Å². The lowest BCUT2D eigenvalue weighted by Crippen LogP contribution is -2.42. The third-order valence-corrected chi connectivity index (χ3v) is 9.93. The number of nitrogens with one attached hydrogen (secondary N) is 1. The Morgan fingerprint density at radius 1 is 1.07 bits per heavy atom. The van der Waals surface area contributed by atoms with Gasteiger partial charge in [0.25, 0.3) is 5.56 Å². The first kappa shape index (κ1) is 29.2. The molecule has 1 saturated heterocycles. The number of aromatic nitrogens is 4. The van der Waals surface area contributed by atoms with E-state index in [9.17, 15) is 18.0 Å². The molecule has 1 aliphatic heterocycles. The molecular formula is C29H39N5O6S. The van der Waals surface area contributed by atoms with E-state index < -0.39 is 15.9 Å². The van der Waals surface area contributed by atoms with Crippen molar-refractivity contribution in [3.05, 3.63) is 40.1 Å². The zero-order chi connectivity index (χ0) is 29.1. The van der Waals surface area contributed by atoms with Crippen molar-refractivity contribution >= 4 is 21.5 Å². The largest absolute Gasteiger partial charge is 0.493 e. The van der Waals surface area contributed by atoms with Gasteiger partial charge in [-0.05, 0) is 64.7 Å². The lowest BCUT2D eigenvalue weighted by molar-refractivity contribution is -0.149. The van der Waals surface area contributed by atoms with Crippen molar-refractivity contribution in [2.24, 2.45) is 5.92 Å². The minimum Gasteiger partial charge on any atom is -0.493 e. The van der Waals surface area contributed by atoms with Gasteiger partial charge in [0.15, 0.2) is 11.3 Å². The van der Waals surface area contributed by atoms with Crippen LogP contribution in [0.3, 0.4) is 0 Å². The first-order chi connectivity index (χ1) is 19.7. The number of H-pyrrole nitrogens is 1. The van der Waals surface area contributed by atoms with Crippen LogP contribution in [-0.2, 0) is 19.6 Å². The lowest BCUT2D eigenvalue weighted by atomic mass is 10.00. The number of hydrogen-bond acceptors (Lipinski definition) is 8. The number of rotatable bonds is 8. The van der Waals surface area contributed by atoms with Gasteiger partial charge in [-0.25, -0.2) is 17.9 Å². The minimum absolute atomic E-state index is 0.0361. The maximum atomic E-state index is 13.8. The highest BCUT2D eigenvalue weighted by atomic mass is 32.2. The molecule has 11 nitrogen and oxygen atoms in total. The number of carbonyl (C=O) groups is 1. The van der Waals surface area contributed by atoms with Crippen LogP contribution in [0.2, 0.25) is 0 Å². The van der Waals surface area contributed by atoms with Crippen LogP contribution >= 0.6 is 0 Å². The van der Waals surface area contributed by atoms with Crippen LogP contribution in [0, 0.1) is 12.8 Å². The average Bonchev–Trinajstić information content (AvgIpc) is 3.11. The Bertz CT molecular complexity index is 1570. The van der Waals surface area contributed by atoms with Crippen LogP contribution in [0.1, 0.15) is 82.7 Å². The predicted octanol–water partition coefficient (Wildman–Crippen LogP) is 4.19. The molecule has 0 spiro atoms. The number of carbonyl (C=O) groups excluding carboxylic acids is 1. The normalized spacial score (nSPS) is 19.2. The van der Waals surface area contributed by atoms with Crippen LogP contribution in [0.25, 0.3) is 16.9 Å². The summed E-state index contributed by atoms with van der Waals surface area (Å²) in [5.41, 5.74) is 1.04. The smallest absolute Gasteiger partial charge is 0.310 e. The number of fused-ring (bicyclic) bond motifs is 1. The molecule has 1 saturated carbocycles. The van der Waals surface area contributed by atoms with E-state index in [1.165, 1.54) is 29.3 Å². The second kappa shape index (κ2) is 12.3. The summed E-state index contributed by atoms with van der Waals surface area (Å²) in [5, 5.41) is 4.82. The highest BCUT2D eigenvalue weighted by Gasteiger charge is 2.34. The number of benzene rings is 1. The molecule has 0 bridgehead atoms. The fourth-order valence-corrected chi connectivity index (χ4v) is 7.57. The summed E-state index contributed by atoms with van der Waals surface area (Å²) in [6.07, 6.45) is 7.71. The number of esters is 1. The minimum atomic E-state index is -3.95. The molecule has 1 atom stereocenters. The predicted molar refractivity (Wildman–Crippen MR) is 154 cm³/mol. The van der Waals surface area contributed by atoms with E-state index in [0.717, 1.165) is 31.5 Å². The Balaban J connectivity index is 1.57. The molecule has 2 fully saturated rings. The van der Waals surface area contributed by atoms with Gasteiger partial charge in [-0.15, -0.1) is 5.10 Å². The second-order valence-electron chi connectivity index (χ2n) is 10.9. The summed E-state index contributed by atoms with van der Waals surface area (Å²) in [7, 11) is -3.95. The Kier molecular flexibility index (Phi) is 8.79. The standard InChI is InChI=1S/C29H39N5O6S/c1-4-39-24-15-14-22(41(37,38)33-16-10-13-21(18-33)29(36)40-5-2)17-23(24)26-31-28(35)25-19(3)30-27(34(25)32-26)20-11-8-6-7-9-12-20/h14-15,17,20-21H,4-13,16,18H2,1-3H3,(H,31,32,35). The number of aryl methyl sites for hydroxylation is 1. The quantitative estimate of drug-likeness (QED) is 0.307. The van der Waals surface area contributed by atoms with Gasteiger partial charge < -0.3 is 14.5 Å². The summed E-state index contributed by atoms with van der Waals surface area (Å²) in [6, 6.07) is 4.58. The van der Waals surface area contributed by atoms with Crippen molar-refractivity contribution < 1.29 is 22.7 Å². The van der Waals surface area contributed by atoms with E-state index in [-0.39, 0.29) is 41.3 Å². The first-order valence-electron chi connectivity index (χ1n) is 14.7. The monoisotopic (exact) mass is 585 g/mol. The summed E-state index contributed by atoms with van der Waals surface area (Å²) < 4.78 is 41.5. The highest BCUT2D eigenvalue weighted by molar-refractivity contribution is 7.89. The SMILES string of the molecule is CCOC(=O)C1CCCN(S(=O)(=O)c2ccc(OCC)c(-c3nn4c(C5CCCCCC5)nc(C)c4c(=O)[nH]3)c2)C1. The molecule has 1 unspecified atom stereocenters. The molecule has 3 aromatic rings. The van der Waals surface area contributed by atoms with Gasteiger partial charge in [0.05, 0.1) is 35.3 Å². The van der Waals surface area contributed by atoms with E-state index in [4.69, 9.17) is 19.6 Å². The molecule has 0 radical (unpaired) electrons. The molecule has 1 aliphatic carbocycles. The lowest BCUT2D eigenvalue weighted by Gasteiger charge is -2.30. The molecule has 2 aromatic heterocycles. The molecule has 12 heteroatoms. The Hall–Kier alpha value is -3.25. The maximum Gasteiger partial charge on any atom is 0.310 e. The van der Waals surface area contributed by atoms with Gasteiger partial charge in [0, 0.05) is 19.0 Å². The van der Waals surface area contributed by atoms with Gasteiger partial charge in [0.1, 0.15) is 11.6 Å². The van der Waals surface area contributed by atoms with Crippen LogP contribution in [-0.4, -0.2) is 64.6 Å². The zero-order valence-corrected chi connectivity index (χ0v) is 24.8. The van der Waals surface area contributed by atoms with Gasteiger partial charge in [-0.3, -0.25) is 9.59 Å². The van der Waals surface area contributed by atoms with Crippen molar-refractivity contribution in [2.75, 3.05) is 26.3 Å². The molecule has 1 N–H and O–H groups in total. The van der Waals surface area contributed by atoms with Gasteiger partial charge >= 0.3 is 5.97 Å². The molecule has 5 rings (SSSR count). The van der Waals surface area contributed by atoms with Crippen LogP contribution in [0.5, 0.6) is 5.75 Å². The van der Waals surface area contributed by atoms with Crippen LogP contribution < -0.4 is 10.3 Å². The number of aromatic amines is 1. The first-order valence-corrected chi connectivity index (χ1v) is 16.1. The van der Waals surface area contributed by atoms with Crippen molar-refractivity contribution in [3.8, 4) is 17.1 Å². The summed E-state index contributed by atoms with van der Waals surface area (Å²) in [4.78, 5) is 33.4. The van der Waals surface area contributed by atoms with Crippen molar-refractivity contribution in [1.82, 2.24) is 23.9 Å². The number of imidazole rings is 1. The van der Waals surface area contributed by atoms with Crippen LogP contribution in [0.4, 0.5) is 0 Å². The third kappa shape index (κ3) is 5.90. The molecule has 0 amide bonds. The fourth-order valence-electron chi connectivity index (χ4n) is 6.01. The van der Waals surface area contributed by atoms with E-state index in [1.54, 1.807) is 17.5 Å². The van der Waals surface area contributed by atoms with E-state index >= 15 is 0 Å². The Morgan fingerprint density at radius 2 is 1.83 bits per heavy atom. The molecule has 222 valence electrons. The van der Waals surface area contributed by atoms with E-state index in [0.29, 0.717) is 48.5 Å². The maximum absolute atomic E-state index is 13.8. The van der Waals surface area contributed by atoms with Crippen molar-refractivity contribution in [1.29, 1.82) is 0 Å². The van der Waals surface area contributed by atoms with E-state index in [1.807, 2.05) is 13.8 Å². The summed E-state index contributed by atoms with van der Waals surface area (Å²) >= 11 is 0. The molecule has 3 heterocycles. The average molecular weight is 586 g/mol. The molecule has 41 heavy (non-hydrogen) atoms. The Labute approximate surface area is 240 Å². The van der Waals surface area contributed by atoms with E-state index in [2.05, 4.69) is 4.98 Å². The number of hydrogen-bond donors (Lipinski definition) is 1. The fraction of sp³-hybridized carbons (Fsp3) is 0.586. The van der Waals surface area contributed by atoms with Crippen molar-refractivity contribution in [3.63, 3.8) is 0 Å². The number of ether oxygens (including phenoxy) is 2.